The first-order valence-corrected chi connectivity index (χ1v) is 8.21. The molecule has 1 heterocycles. The smallest absolute Gasteiger partial charge is 0.220 e. The largest absolute Gasteiger partial charge is 0.497 e. The number of rotatable bonds is 6. The molecule has 1 aromatic carbocycles. The maximum absolute atomic E-state index is 11.8. The minimum atomic E-state index is 0.219. The lowest BCUT2D eigenvalue weighted by atomic mass is 10.1. The van der Waals surface area contributed by atoms with E-state index in [9.17, 15) is 4.79 Å². The SMILES string of the molecule is COc1ccc(CN2C[C@@H]3C(CC(=O)NC(C)C)[C@@H]3C2)cc1. The van der Waals surface area contributed by atoms with Crippen LogP contribution in [0, 0.1) is 17.8 Å². The lowest BCUT2D eigenvalue weighted by molar-refractivity contribution is -0.122. The summed E-state index contributed by atoms with van der Waals surface area (Å²) in [7, 11) is 1.69. The van der Waals surface area contributed by atoms with Crippen LogP contribution in [0.4, 0.5) is 0 Å². The molecule has 0 spiro atoms. The normalized spacial score (nSPS) is 26.8. The molecule has 1 saturated heterocycles. The summed E-state index contributed by atoms with van der Waals surface area (Å²) in [6, 6.07) is 8.56. The Balaban J connectivity index is 1.43. The van der Waals surface area contributed by atoms with Crippen LogP contribution in [-0.2, 0) is 11.3 Å². The van der Waals surface area contributed by atoms with E-state index < -0.39 is 0 Å². The molecule has 3 atom stereocenters. The van der Waals surface area contributed by atoms with Gasteiger partial charge in [0.15, 0.2) is 0 Å². The lowest BCUT2D eigenvalue weighted by Crippen LogP contribution is -2.31. The van der Waals surface area contributed by atoms with E-state index in [1.807, 2.05) is 26.0 Å². The zero-order valence-corrected chi connectivity index (χ0v) is 13.7. The van der Waals surface area contributed by atoms with Crippen molar-refractivity contribution in [3.8, 4) is 5.75 Å². The third-order valence-corrected chi connectivity index (χ3v) is 4.88. The Morgan fingerprint density at radius 3 is 2.45 bits per heavy atom. The standard InChI is InChI=1S/C18H26N2O2/c1-12(2)19-18(21)8-15-16-10-20(11-17(15)16)9-13-4-6-14(22-3)7-5-13/h4-7,12,15-17H,8-11H2,1-3H3,(H,19,21)/t15?,16-,17+. The molecule has 2 fully saturated rings. The monoisotopic (exact) mass is 302 g/mol. The minimum Gasteiger partial charge on any atom is -0.497 e. The third-order valence-electron chi connectivity index (χ3n) is 4.88. The van der Waals surface area contributed by atoms with E-state index >= 15 is 0 Å². The first-order chi connectivity index (χ1) is 10.6. The fraction of sp³-hybridized carbons (Fsp3) is 0.611. The Morgan fingerprint density at radius 2 is 1.91 bits per heavy atom. The molecule has 0 aromatic heterocycles. The molecule has 1 aliphatic carbocycles. The predicted molar refractivity (Wildman–Crippen MR) is 86.6 cm³/mol. The van der Waals surface area contributed by atoms with Gasteiger partial charge in [0.1, 0.15) is 5.75 Å². The second kappa shape index (κ2) is 6.29. The van der Waals surface area contributed by atoms with Crippen LogP contribution >= 0.6 is 0 Å². The van der Waals surface area contributed by atoms with Crippen molar-refractivity contribution in [2.45, 2.75) is 32.9 Å². The Labute approximate surface area is 132 Å². The van der Waals surface area contributed by atoms with Crippen molar-refractivity contribution in [2.75, 3.05) is 20.2 Å². The molecule has 3 rings (SSSR count). The molecule has 0 bridgehead atoms. The Hall–Kier alpha value is -1.55. The van der Waals surface area contributed by atoms with Crippen LogP contribution in [0.1, 0.15) is 25.8 Å². The van der Waals surface area contributed by atoms with Crippen LogP contribution < -0.4 is 10.1 Å². The fourth-order valence-corrected chi connectivity index (χ4v) is 3.75. The van der Waals surface area contributed by atoms with E-state index in [1.165, 1.54) is 5.56 Å². The molecule has 120 valence electrons. The number of amides is 1. The average Bonchev–Trinajstić information content (AvgIpc) is 2.93. The first-order valence-electron chi connectivity index (χ1n) is 8.21. The number of hydrogen-bond donors (Lipinski definition) is 1. The highest BCUT2D eigenvalue weighted by molar-refractivity contribution is 5.77. The van der Waals surface area contributed by atoms with Gasteiger partial charge in [0.2, 0.25) is 5.91 Å². The molecule has 1 unspecified atom stereocenters. The Kier molecular flexibility index (Phi) is 4.39. The molecule has 1 aliphatic heterocycles. The number of methoxy groups -OCH3 is 1. The van der Waals surface area contributed by atoms with E-state index in [-0.39, 0.29) is 11.9 Å². The second-order valence-corrected chi connectivity index (χ2v) is 6.96. The van der Waals surface area contributed by atoms with Crippen LogP contribution in [0.15, 0.2) is 24.3 Å². The molecule has 1 N–H and O–H groups in total. The number of fused-ring (bicyclic) bond motifs is 1. The van der Waals surface area contributed by atoms with Crippen LogP contribution in [-0.4, -0.2) is 37.0 Å². The first kappa shape index (κ1) is 15.3. The van der Waals surface area contributed by atoms with Crippen molar-refractivity contribution in [3.05, 3.63) is 29.8 Å². The molecule has 1 amide bonds. The van der Waals surface area contributed by atoms with E-state index in [2.05, 4.69) is 22.3 Å². The molecule has 4 nitrogen and oxygen atoms in total. The fourth-order valence-electron chi connectivity index (χ4n) is 3.75. The summed E-state index contributed by atoms with van der Waals surface area (Å²) in [5.41, 5.74) is 1.33. The zero-order valence-electron chi connectivity index (χ0n) is 13.7. The van der Waals surface area contributed by atoms with Gasteiger partial charge in [-0.25, -0.2) is 0 Å². The number of nitrogens with zero attached hydrogens (tertiary/aromatic N) is 1. The summed E-state index contributed by atoms with van der Waals surface area (Å²) < 4.78 is 5.19. The number of carbonyl (C=O) groups is 1. The zero-order chi connectivity index (χ0) is 15.7. The summed E-state index contributed by atoms with van der Waals surface area (Å²) in [5, 5.41) is 3.00. The van der Waals surface area contributed by atoms with Gasteiger partial charge in [-0.1, -0.05) is 12.1 Å². The van der Waals surface area contributed by atoms with E-state index in [4.69, 9.17) is 4.74 Å². The van der Waals surface area contributed by atoms with Gasteiger partial charge < -0.3 is 10.1 Å². The van der Waals surface area contributed by atoms with Gasteiger partial charge in [0.05, 0.1) is 7.11 Å². The van der Waals surface area contributed by atoms with Crippen LogP contribution in [0.25, 0.3) is 0 Å². The lowest BCUT2D eigenvalue weighted by Gasteiger charge is -2.19. The van der Waals surface area contributed by atoms with Crippen molar-refractivity contribution in [1.29, 1.82) is 0 Å². The quantitative estimate of drug-likeness (QED) is 0.876. The Morgan fingerprint density at radius 1 is 1.27 bits per heavy atom. The summed E-state index contributed by atoms with van der Waals surface area (Å²) in [5.74, 6) is 3.21. The maximum Gasteiger partial charge on any atom is 0.220 e. The van der Waals surface area contributed by atoms with Crippen molar-refractivity contribution in [3.63, 3.8) is 0 Å². The van der Waals surface area contributed by atoms with Gasteiger partial charge in [-0.2, -0.15) is 0 Å². The number of piperidine rings is 1. The third kappa shape index (κ3) is 3.43. The number of hydrogen-bond acceptors (Lipinski definition) is 3. The van der Waals surface area contributed by atoms with Crippen LogP contribution in [0.5, 0.6) is 5.75 Å². The number of benzene rings is 1. The highest BCUT2D eigenvalue weighted by Crippen LogP contribution is 2.53. The number of carbonyl (C=O) groups excluding carboxylic acids is 1. The van der Waals surface area contributed by atoms with E-state index in [1.54, 1.807) is 7.11 Å². The van der Waals surface area contributed by atoms with Crippen LogP contribution in [0.2, 0.25) is 0 Å². The molecular formula is C18H26N2O2. The highest BCUT2D eigenvalue weighted by Gasteiger charge is 2.55. The van der Waals surface area contributed by atoms with Crippen molar-refractivity contribution in [2.24, 2.45) is 17.8 Å². The van der Waals surface area contributed by atoms with Crippen molar-refractivity contribution < 1.29 is 9.53 Å². The average molecular weight is 302 g/mol. The topological polar surface area (TPSA) is 41.6 Å². The summed E-state index contributed by atoms with van der Waals surface area (Å²) in [6.07, 6.45) is 0.712. The molecule has 22 heavy (non-hydrogen) atoms. The van der Waals surface area contributed by atoms with Gasteiger partial charge >= 0.3 is 0 Å². The van der Waals surface area contributed by atoms with E-state index in [0.29, 0.717) is 12.3 Å². The molecule has 4 heteroatoms. The molecule has 1 aromatic rings. The predicted octanol–water partition coefficient (Wildman–Crippen LogP) is 2.29. The number of ether oxygens (including phenoxy) is 1. The van der Waals surface area contributed by atoms with Gasteiger partial charge in [-0.05, 0) is 49.3 Å². The van der Waals surface area contributed by atoms with Gasteiger partial charge in [0.25, 0.3) is 0 Å². The van der Waals surface area contributed by atoms with Gasteiger partial charge in [-0.3, -0.25) is 9.69 Å². The second-order valence-electron chi connectivity index (χ2n) is 6.96. The van der Waals surface area contributed by atoms with Gasteiger partial charge in [-0.15, -0.1) is 0 Å². The highest BCUT2D eigenvalue weighted by atomic mass is 16.5. The number of likely N-dealkylation sites (tertiary alicyclic amines) is 1. The molecule has 0 radical (unpaired) electrons. The summed E-state index contributed by atoms with van der Waals surface area (Å²) >= 11 is 0. The van der Waals surface area contributed by atoms with Crippen molar-refractivity contribution in [1.82, 2.24) is 10.2 Å². The molecule has 2 aliphatic rings. The van der Waals surface area contributed by atoms with Gasteiger partial charge in [0, 0.05) is 32.1 Å². The van der Waals surface area contributed by atoms with Crippen molar-refractivity contribution >= 4 is 5.91 Å². The Bertz CT molecular complexity index is 514. The van der Waals surface area contributed by atoms with E-state index in [0.717, 1.165) is 37.2 Å². The van der Waals surface area contributed by atoms with Crippen LogP contribution in [0.3, 0.4) is 0 Å². The summed E-state index contributed by atoms with van der Waals surface area (Å²) in [6.45, 7) is 7.30. The summed E-state index contributed by atoms with van der Waals surface area (Å²) in [4.78, 5) is 14.3. The molecular weight excluding hydrogens is 276 g/mol. The minimum absolute atomic E-state index is 0.219. The molecule has 1 saturated carbocycles. The maximum atomic E-state index is 11.8. The number of nitrogens with one attached hydrogen (secondary N) is 1.